The van der Waals surface area contributed by atoms with Crippen LogP contribution in [0.2, 0.25) is 0 Å². The molecule has 0 bridgehead atoms. The van der Waals surface area contributed by atoms with Gasteiger partial charge in [-0.2, -0.15) is 5.26 Å². The molecule has 0 atom stereocenters. The molecule has 18 heavy (non-hydrogen) atoms. The number of benzene rings is 1. The van der Waals surface area contributed by atoms with E-state index in [4.69, 9.17) is 9.68 Å². The normalized spacial score (nSPS) is 11.6. The van der Waals surface area contributed by atoms with Crippen molar-refractivity contribution in [3.8, 4) is 6.07 Å². The minimum absolute atomic E-state index is 0.381. The number of H-pyrrole nitrogens is 1. The molecular formula is C13H15N3O2. The smallest absolute Gasteiger partial charge is 0.408 e. The summed E-state index contributed by atoms with van der Waals surface area (Å²) in [7, 11) is 0. The summed E-state index contributed by atoms with van der Waals surface area (Å²) in [5, 5.41) is 12.1. The first kappa shape index (κ1) is 12.4. The summed E-state index contributed by atoms with van der Waals surface area (Å²) in [5.74, 6) is -0.444. The number of nitriles is 1. The van der Waals surface area contributed by atoms with Gasteiger partial charge in [-0.1, -0.05) is 6.07 Å². The lowest BCUT2D eigenvalue weighted by Gasteiger charge is -2.15. The third-order valence-electron chi connectivity index (χ3n) is 2.68. The van der Waals surface area contributed by atoms with Gasteiger partial charge in [-0.25, -0.2) is 4.79 Å². The molecule has 0 spiro atoms. The molecule has 5 nitrogen and oxygen atoms in total. The zero-order chi connectivity index (χ0) is 13.2. The van der Waals surface area contributed by atoms with E-state index in [-0.39, 0.29) is 5.41 Å². The van der Waals surface area contributed by atoms with E-state index in [1.807, 2.05) is 26.0 Å². The molecule has 1 heterocycles. The van der Waals surface area contributed by atoms with Crippen LogP contribution in [0.1, 0.15) is 19.4 Å². The van der Waals surface area contributed by atoms with Crippen LogP contribution < -0.4 is 11.1 Å². The molecule has 1 aromatic carbocycles. The average Bonchev–Trinajstić information content (AvgIpc) is 2.68. The average molecular weight is 245 g/mol. The Bertz CT molecular complexity index is 646. The molecule has 0 aliphatic heterocycles. The second-order valence-corrected chi connectivity index (χ2v) is 4.94. The maximum atomic E-state index is 11.0. The van der Waals surface area contributed by atoms with Crippen LogP contribution >= 0.6 is 0 Å². The molecular weight excluding hydrogens is 230 g/mol. The number of fused-ring (bicyclic) bond motifs is 1. The van der Waals surface area contributed by atoms with Crippen molar-refractivity contribution >= 4 is 11.1 Å². The predicted molar refractivity (Wildman–Crippen MR) is 67.9 cm³/mol. The zero-order valence-electron chi connectivity index (χ0n) is 10.4. The second-order valence-electron chi connectivity index (χ2n) is 4.94. The quantitative estimate of drug-likeness (QED) is 0.859. The Morgan fingerprint density at radius 1 is 1.50 bits per heavy atom. The van der Waals surface area contributed by atoms with Gasteiger partial charge in [-0.3, -0.25) is 4.98 Å². The van der Waals surface area contributed by atoms with Crippen molar-refractivity contribution in [1.82, 2.24) is 10.3 Å². The number of rotatable bonds is 4. The molecule has 0 saturated carbocycles. The lowest BCUT2D eigenvalue weighted by atomic mass is 9.96. The molecule has 5 heteroatoms. The molecule has 0 unspecified atom stereocenters. The Kier molecular flexibility index (Phi) is 3.21. The lowest BCUT2D eigenvalue weighted by Crippen LogP contribution is -2.27. The van der Waals surface area contributed by atoms with Crippen LogP contribution in [0.4, 0.5) is 0 Å². The van der Waals surface area contributed by atoms with Crippen molar-refractivity contribution in [1.29, 1.82) is 5.26 Å². The number of nitrogens with zero attached hydrogens (tertiary/aromatic N) is 1. The molecule has 2 aromatic rings. The molecule has 1 aromatic heterocycles. The molecule has 94 valence electrons. The summed E-state index contributed by atoms with van der Waals surface area (Å²) < 4.78 is 4.92. The highest BCUT2D eigenvalue weighted by Gasteiger charge is 2.15. The van der Waals surface area contributed by atoms with Gasteiger partial charge >= 0.3 is 5.76 Å². The summed E-state index contributed by atoms with van der Waals surface area (Å²) in [6, 6.07) is 7.76. The largest absolute Gasteiger partial charge is 0.417 e. The van der Waals surface area contributed by atoms with Crippen LogP contribution in [0.15, 0.2) is 27.4 Å². The molecule has 0 aliphatic rings. The Labute approximate surface area is 104 Å². The van der Waals surface area contributed by atoms with E-state index in [2.05, 4.69) is 16.4 Å². The van der Waals surface area contributed by atoms with Crippen LogP contribution in [0, 0.1) is 16.7 Å². The number of nitrogens with one attached hydrogen (secondary N) is 2. The highest BCUT2D eigenvalue weighted by molar-refractivity contribution is 5.72. The SMILES string of the molecule is CC(C)(C#N)CNCc1ccc2oc(=O)[nH]c2c1. The summed E-state index contributed by atoms with van der Waals surface area (Å²) in [6.07, 6.45) is 0. The number of hydrogen-bond acceptors (Lipinski definition) is 4. The summed E-state index contributed by atoms with van der Waals surface area (Å²) in [6.45, 7) is 5.03. The van der Waals surface area contributed by atoms with E-state index in [1.165, 1.54) is 0 Å². The molecule has 2 N–H and O–H groups in total. The van der Waals surface area contributed by atoms with E-state index < -0.39 is 5.76 Å². The van der Waals surface area contributed by atoms with Crippen molar-refractivity contribution in [3.63, 3.8) is 0 Å². The van der Waals surface area contributed by atoms with Crippen LogP contribution in [0.3, 0.4) is 0 Å². The van der Waals surface area contributed by atoms with Crippen molar-refractivity contribution < 1.29 is 4.42 Å². The Balaban J connectivity index is 2.04. The molecule has 0 aliphatic carbocycles. The Hall–Kier alpha value is -2.06. The van der Waals surface area contributed by atoms with Crippen LogP contribution in [-0.4, -0.2) is 11.5 Å². The van der Waals surface area contributed by atoms with Crippen LogP contribution in [0.5, 0.6) is 0 Å². The summed E-state index contributed by atoms with van der Waals surface area (Å²) in [5.41, 5.74) is 1.90. The van der Waals surface area contributed by atoms with E-state index in [1.54, 1.807) is 6.07 Å². The highest BCUT2D eigenvalue weighted by Crippen LogP contribution is 2.14. The topological polar surface area (TPSA) is 81.8 Å². The summed E-state index contributed by atoms with van der Waals surface area (Å²) >= 11 is 0. The highest BCUT2D eigenvalue weighted by atomic mass is 16.4. The van der Waals surface area contributed by atoms with Crippen LogP contribution in [-0.2, 0) is 6.54 Å². The lowest BCUT2D eigenvalue weighted by molar-refractivity contribution is 0.445. The number of aromatic amines is 1. The van der Waals surface area contributed by atoms with Gasteiger partial charge in [0.1, 0.15) is 0 Å². The minimum Gasteiger partial charge on any atom is -0.408 e. The number of aromatic nitrogens is 1. The fraction of sp³-hybridized carbons (Fsp3) is 0.385. The van der Waals surface area contributed by atoms with Gasteiger partial charge in [0.2, 0.25) is 0 Å². The molecule has 0 radical (unpaired) electrons. The molecule has 0 amide bonds. The first-order valence-electron chi connectivity index (χ1n) is 5.74. The number of oxazole rings is 1. The van der Waals surface area contributed by atoms with Gasteiger partial charge in [-0.05, 0) is 31.5 Å². The first-order valence-corrected chi connectivity index (χ1v) is 5.74. The van der Waals surface area contributed by atoms with Crippen LogP contribution in [0.25, 0.3) is 11.1 Å². The number of hydrogen-bond donors (Lipinski definition) is 2. The Morgan fingerprint density at radius 3 is 3.00 bits per heavy atom. The second kappa shape index (κ2) is 4.67. The monoisotopic (exact) mass is 245 g/mol. The van der Waals surface area contributed by atoms with E-state index >= 15 is 0 Å². The third-order valence-corrected chi connectivity index (χ3v) is 2.68. The van der Waals surface area contributed by atoms with E-state index in [0.29, 0.717) is 24.2 Å². The molecule has 2 rings (SSSR count). The van der Waals surface area contributed by atoms with Crippen molar-refractivity contribution in [2.24, 2.45) is 5.41 Å². The van der Waals surface area contributed by atoms with E-state index in [0.717, 1.165) is 5.56 Å². The standard InChI is InChI=1S/C13H15N3O2/c1-13(2,7-14)8-15-6-9-3-4-11-10(5-9)16-12(17)18-11/h3-5,15H,6,8H2,1-2H3,(H,16,17). The zero-order valence-corrected chi connectivity index (χ0v) is 10.4. The van der Waals surface area contributed by atoms with Gasteiger partial charge < -0.3 is 9.73 Å². The van der Waals surface area contributed by atoms with Crippen molar-refractivity contribution in [2.75, 3.05) is 6.54 Å². The van der Waals surface area contributed by atoms with Gasteiger partial charge in [0.05, 0.1) is 17.0 Å². The fourth-order valence-corrected chi connectivity index (χ4v) is 1.67. The predicted octanol–water partition coefficient (Wildman–Crippen LogP) is 1.76. The third kappa shape index (κ3) is 2.79. The Morgan fingerprint density at radius 2 is 2.28 bits per heavy atom. The van der Waals surface area contributed by atoms with Crippen molar-refractivity contribution in [2.45, 2.75) is 20.4 Å². The van der Waals surface area contributed by atoms with Crippen molar-refractivity contribution in [3.05, 3.63) is 34.3 Å². The summed E-state index contributed by atoms with van der Waals surface area (Å²) in [4.78, 5) is 13.6. The van der Waals surface area contributed by atoms with Gasteiger partial charge in [0.15, 0.2) is 5.58 Å². The molecule has 0 fully saturated rings. The van der Waals surface area contributed by atoms with Gasteiger partial charge in [0, 0.05) is 13.1 Å². The molecule has 0 saturated heterocycles. The first-order chi connectivity index (χ1) is 8.50. The fourth-order valence-electron chi connectivity index (χ4n) is 1.67. The maximum Gasteiger partial charge on any atom is 0.417 e. The van der Waals surface area contributed by atoms with Gasteiger partial charge in [-0.15, -0.1) is 0 Å². The van der Waals surface area contributed by atoms with Gasteiger partial charge in [0.25, 0.3) is 0 Å². The minimum atomic E-state index is -0.444. The maximum absolute atomic E-state index is 11.0. The van der Waals surface area contributed by atoms with E-state index in [9.17, 15) is 4.79 Å².